The van der Waals surface area contributed by atoms with Crippen LogP contribution in [0.1, 0.15) is 51.6 Å². The Morgan fingerprint density at radius 3 is 2.58 bits per heavy atom. The lowest BCUT2D eigenvalue weighted by Crippen LogP contribution is -2.42. The summed E-state index contributed by atoms with van der Waals surface area (Å²) in [5, 5.41) is 17.1. The van der Waals surface area contributed by atoms with Crippen molar-refractivity contribution in [2.45, 2.75) is 51.7 Å². The van der Waals surface area contributed by atoms with Crippen LogP contribution in [0.4, 0.5) is 4.79 Å². The van der Waals surface area contributed by atoms with Crippen molar-refractivity contribution < 1.29 is 14.7 Å². The topological polar surface area (TPSA) is 83.2 Å². The molecule has 1 saturated heterocycles. The van der Waals surface area contributed by atoms with E-state index in [1.54, 1.807) is 11.1 Å². The van der Waals surface area contributed by atoms with E-state index in [0.29, 0.717) is 25.2 Å². The van der Waals surface area contributed by atoms with Gasteiger partial charge in [-0.15, -0.1) is 0 Å². The molecule has 8 nitrogen and oxygen atoms in total. The van der Waals surface area contributed by atoms with E-state index in [-0.39, 0.29) is 12.1 Å². The van der Waals surface area contributed by atoms with Gasteiger partial charge in [-0.3, -0.25) is 4.68 Å². The summed E-state index contributed by atoms with van der Waals surface area (Å²) >= 11 is 0. The van der Waals surface area contributed by atoms with Gasteiger partial charge in [0.2, 0.25) is 0 Å². The molecule has 0 radical (unpaired) electrons. The number of aromatic nitrogens is 2. The fourth-order valence-corrected chi connectivity index (χ4v) is 2.91. The molecule has 0 atom stereocenters. The smallest absolute Gasteiger partial charge is 0.410 e. The van der Waals surface area contributed by atoms with E-state index in [2.05, 4.69) is 10.3 Å². The Balaban J connectivity index is 1.92. The van der Waals surface area contributed by atoms with E-state index >= 15 is 0 Å². The molecule has 1 aliphatic heterocycles. The number of piperidine rings is 1. The number of rotatable bonds is 5. The molecule has 1 aromatic heterocycles. The first kappa shape index (κ1) is 20.2. The van der Waals surface area contributed by atoms with E-state index < -0.39 is 5.60 Å². The number of ether oxygens (including phenoxy) is 1. The number of carbonyl (C=O) groups is 1. The molecule has 0 saturated carbocycles. The van der Waals surface area contributed by atoms with E-state index in [1.807, 2.05) is 50.6 Å². The fourth-order valence-electron chi connectivity index (χ4n) is 2.91. The molecule has 1 amide bonds. The standard InChI is InChI=1S/C18H31N5O3/c1-18(2,3)26-17(24)22-10-6-15(7-11-22)23-13-14(12-19-23)16(20-25)8-9-21(4)5/h12-13,15,25H,6-11H2,1-5H3/b20-16-. The van der Waals surface area contributed by atoms with Crippen LogP contribution in [0, 0.1) is 0 Å². The maximum absolute atomic E-state index is 12.1. The van der Waals surface area contributed by atoms with Crippen LogP contribution >= 0.6 is 0 Å². The maximum atomic E-state index is 12.1. The van der Waals surface area contributed by atoms with Gasteiger partial charge in [0.1, 0.15) is 5.60 Å². The van der Waals surface area contributed by atoms with Gasteiger partial charge in [-0.2, -0.15) is 5.10 Å². The summed E-state index contributed by atoms with van der Waals surface area (Å²) in [6, 6.07) is 0.233. The first-order valence-electron chi connectivity index (χ1n) is 9.07. The van der Waals surface area contributed by atoms with Crippen LogP contribution in [0.3, 0.4) is 0 Å². The van der Waals surface area contributed by atoms with Gasteiger partial charge in [0.15, 0.2) is 0 Å². The number of likely N-dealkylation sites (tertiary alicyclic amines) is 1. The highest BCUT2D eigenvalue weighted by atomic mass is 16.6. The molecule has 1 aliphatic rings. The Morgan fingerprint density at radius 2 is 2.04 bits per heavy atom. The zero-order chi connectivity index (χ0) is 19.3. The van der Waals surface area contributed by atoms with Crippen molar-refractivity contribution in [1.29, 1.82) is 0 Å². The van der Waals surface area contributed by atoms with Gasteiger partial charge >= 0.3 is 6.09 Å². The lowest BCUT2D eigenvalue weighted by molar-refractivity contribution is 0.0185. The third kappa shape index (κ3) is 5.72. The minimum absolute atomic E-state index is 0.233. The lowest BCUT2D eigenvalue weighted by Gasteiger charge is -2.33. The van der Waals surface area contributed by atoms with Gasteiger partial charge in [-0.05, 0) is 47.7 Å². The molecular formula is C18H31N5O3. The van der Waals surface area contributed by atoms with Crippen molar-refractivity contribution in [3.8, 4) is 0 Å². The molecule has 1 aromatic rings. The molecule has 0 spiro atoms. The van der Waals surface area contributed by atoms with Crippen molar-refractivity contribution >= 4 is 11.8 Å². The number of carbonyl (C=O) groups excluding carboxylic acids is 1. The molecular weight excluding hydrogens is 334 g/mol. The Bertz CT molecular complexity index is 625. The first-order chi connectivity index (χ1) is 12.2. The molecule has 26 heavy (non-hydrogen) atoms. The van der Waals surface area contributed by atoms with Crippen molar-refractivity contribution in [1.82, 2.24) is 19.6 Å². The van der Waals surface area contributed by atoms with Crippen LogP contribution < -0.4 is 0 Å². The van der Waals surface area contributed by atoms with E-state index in [1.165, 1.54) is 0 Å². The SMILES string of the molecule is CN(C)CC/C(=N/O)c1cnn(C2CCN(C(=O)OC(C)(C)C)CC2)c1. The average molecular weight is 365 g/mol. The molecule has 146 valence electrons. The summed E-state index contributed by atoms with van der Waals surface area (Å²) in [7, 11) is 3.97. The normalized spacial score (nSPS) is 17.0. The van der Waals surface area contributed by atoms with Crippen LogP contribution in [-0.2, 0) is 4.74 Å². The van der Waals surface area contributed by atoms with Gasteiger partial charge in [-0.25, -0.2) is 4.79 Å². The van der Waals surface area contributed by atoms with Crippen molar-refractivity contribution in [2.75, 3.05) is 33.7 Å². The summed E-state index contributed by atoms with van der Waals surface area (Å²) in [4.78, 5) is 15.9. The first-order valence-corrected chi connectivity index (χ1v) is 9.07. The number of hydrogen-bond acceptors (Lipinski definition) is 6. The molecule has 0 bridgehead atoms. The molecule has 2 rings (SSSR count). The van der Waals surface area contributed by atoms with Crippen LogP contribution in [0.2, 0.25) is 0 Å². The fraction of sp³-hybridized carbons (Fsp3) is 0.722. The molecule has 0 unspecified atom stereocenters. The number of oxime groups is 1. The van der Waals surface area contributed by atoms with E-state index in [9.17, 15) is 10.0 Å². The Labute approximate surface area is 155 Å². The van der Waals surface area contributed by atoms with Gasteiger partial charge in [0.05, 0.1) is 18.0 Å². The highest BCUT2D eigenvalue weighted by molar-refractivity contribution is 5.99. The average Bonchev–Trinajstić information content (AvgIpc) is 3.03. The highest BCUT2D eigenvalue weighted by Crippen LogP contribution is 2.24. The Morgan fingerprint density at radius 1 is 1.38 bits per heavy atom. The monoisotopic (exact) mass is 365 g/mol. The summed E-state index contributed by atoms with van der Waals surface area (Å²) in [5.74, 6) is 0. The second-order valence-electron chi connectivity index (χ2n) is 8.01. The number of hydrogen-bond donors (Lipinski definition) is 1. The Hall–Kier alpha value is -2.09. The molecule has 0 aromatic carbocycles. The van der Waals surface area contributed by atoms with Crippen LogP contribution in [0.25, 0.3) is 0 Å². The highest BCUT2D eigenvalue weighted by Gasteiger charge is 2.28. The number of amides is 1. The number of nitrogens with zero attached hydrogens (tertiary/aromatic N) is 5. The maximum Gasteiger partial charge on any atom is 0.410 e. The molecule has 1 N–H and O–H groups in total. The molecule has 1 fully saturated rings. The summed E-state index contributed by atoms with van der Waals surface area (Å²) in [5.41, 5.74) is 0.997. The molecule has 8 heteroatoms. The lowest BCUT2D eigenvalue weighted by atomic mass is 10.1. The summed E-state index contributed by atoms with van der Waals surface area (Å²) < 4.78 is 7.35. The molecule has 2 heterocycles. The van der Waals surface area contributed by atoms with Gasteiger partial charge in [0.25, 0.3) is 0 Å². The van der Waals surface area contributed by atoms with Crippen molar-refractivity contribution in [3.05, 3.63) is 18.0 Å². The van der Waals surface area contributed by atoms with E-state index in [4.69, 9.17) is 4.74 Å². The Kier molecular flexibility index (Phi) is 6.63. The van der Waals surface area contributed by atoms with Gasteiger partial charge < -0.3 is 19.7 Å². The minimum Gasteiger partial charge on any atom is -0.444 e. The van der Waals surface area contributed by atoms with Crippen LogP contribution in [0.5, 0.6) is 0 Å². The third-order valence-corrected chi connectivity index (χ3v) is 4.34. The zero-order valence-corrected chi connectivity index (χ0v) is 16.5. The van der Waals surface area contributed by atoms with Crippen molar-refractivity contribution in [2.24, 2.45) is 5.16 Å². The summed E-state index contributed by atoms with van der Waals surface area (Å²) in [6.45, 7) is 7.73. The predicted octanol–water partition coefficient (Wildman–Crippen LogP) is 2.59. The second kappa shape index (κ2) is 8.53. The summed E-state index contributed by atoms with van der Waals surface area (Å²) in [6.07, 6.45) is 5.72. The predicted molar refractivity (Wildman–Crippen MR) is 99.8 cm³/mol. The van der Waals surface area contributed by atoms with Crippen LogP contribution in [0.15, 0.2) is 17.5 Å². The van der Waals surface area contributed by atoms with Crippen LogP contribution in [-0.4, -0.2) is 75.9 Å². The molecule has 0 aliphatic carbocycles. The largest absolute Gasteiger partial charge is 0.444 e. The minimum atomic E-state index is -0.475. The van der Waals surface area contributed by atoms with Crippen molar-refractivity contribution in [3.63, 3.8) is 0 Å². The van der Waals surface area contributed by atoms with Gasteiger partial charge in [0, 0.05) is 37.8 Å². The van der Waals surface area contributed by atoms with Gasteiger partial charge in [-0.1, -0.05) is 5.16 Å². The third-order valence-electron chi connectivity index (χ3n) is 4.34. The quantitative estimate of drug-likeness (QED) is 0.493. The van der Waals surface area contributed by atoms with E-state index in [0.717, 1.165) is 24.9 Å². The second-order valence-corrected chi connectivity index (χ2v) is 8.01. The zero-order valence-electron chi connectivity index (χ0n) is 16.5.